The maximum atomic E-state index is 11.8. The summed E-state index contributed by atoms with van der Waals surface area (Å²) in [4.78, 5) is 261. The first-order valence-electron chi connectivity index (χ1n) is 45.5. The van der Waals surface area contributed by atoms with Gasteiger partial charge in [0.05, 0.1) is 51.4 Å². The van der Waals surface area contributed by atoms with E-state index in [0.717, 1.165) is 72.1 Å². The van der Waals surface area contributed by atoms with E-state index in [0.29, 0.717) is 18.4 Å². The number of unbranched alkanes of at least 4 members (excludes halogenated alkanes) is 22. The highest BCUT2D eigenvalue weighted by Crippen LogP contribution is 2.20. The third-order valence-electron chi connectivity index (χ3n) is 18.1. The molecule has 0 unspecified atom stereocenters. The molecule has 1 rings (SSSR count). The van der Waals surface area contributed by atoms with E-state index in [9.17, 15) is 115 Å². The van der Waals surface area contributed by atoms with Gasteiger partial charge in [0.15, 0.2) is 47.9 Å². The lowest BCUT2D eigenvalue weighted by Gasteiger charge is -2.16. The molecular formula is C96H146O41. The zero-order chi connectivity index (χ0) is 106. The molecule has 0 fully saturated rings. The van der Waals surface area contributed by atoms with Crippen LogP contribution in [-0.4, -0.2) is 232 Å². The fraction of sp³-hybridized carbons (Fsp3) is 0.646. The molecule has 0 aromatic heterocycles. The van der Waals surface area contributed by atoms with Gasteiger partial charge in [-0.25, -0.2) is 28.8 Å². The number of rotatable bonds is 68. The number of carbonyl (C=O) groups excluding carboxylic acids is 16. The number of ether oxygens (including phenoxy) is 9. The van der Waals surface area contributed by atoms with Crippen LogP contribution in [0.3, 0.4) is 0 Å². The smallest absolute Gasteiger partial charge is 0.349 e. The van der Waals surface area contributed by atoms with E-state index >= 15 is 0 Å². The van der Waals surface area contributed by atoms with E-state index in [1.807, 2.05) is 0 Å². The van der Waals surface area contributed by atoms with Crippen LogP contribution in [0.15, 0.2) is 54.6 Å². The number of carboxylic acids is 8. The van der Waals surface area contributed by atoms with Crippen LogP contribution in [-0.2, 0) is 158 Å². The van der Waals surface area contributed by atoms with Crippen molar-refractivity contribution in [2.24, 2.45) is 0 Å². The Bertz CT molecular complexity index is 3850. The number of ketones is 7. The summed E-state index contributed by atoms with van der Waals surface area (Å²) in [5.41, 5.74) is 0.390. The van der Waals surface area contributed by atoms with Gasteiger partial charge >= 0.3 is 101 Å². The van der Waals surface area contributed by atoms with Crippen molar-refractivity contribution in [1.82, 2.24) is 0 Å². The summed E-state index contributed by atoms with van der Waals surface area (Å²) >= 11 is 0. The molecule has 0 amide bonds. The topological polar surface area (TPSA) is 655 Å². The monoisotopic (exact) mass is 1950 g/mol. The first-order valence-corrected chi connectivity index (χ1v) is 45.5. The summed E-state index contributed by atoms with van der Waals surface area (Å²) in [6, 6.07) is 8.19. The minimum Gasteiger partial charge on any atom is -0.481 e. The van der Waals surface area contributed by atoms with Gasteiger partial charge in [-0.05, 0) is 133 Å². The summed E-state index contributed by atoms with van der Waals surface area (Å²) in [5.74, 6) is -19.4. The molecule has 0 spiro atoms. The quantitative estimate of drug-likeness (QED) is 0.0130. The van der Waals surface area contributed by atoms with Crippen LogP contribution >= 0.6 is 0 Å². The Hall–Kier alpha value is -12.6. The van der Waals surface area contributed by atoms with E-state index < -0.39 is 194 Å². The number of benzene rings is 1. The minimum atomic E-state index is -1.71. The van der Waals surface area contributed by atoms with E-state index in [4.69, 9.17) is 59.8 Å². The zero-order valence-corrected chi connectivity index (χ0v) is 81.5. The maximum absolute atomic E-state index is 11.8. The maximum Gasteiger partial charge on any atom is 0.349 e. The molecule has 776 valence electrons. The first-order chi connectivity index (χ1) is 64.2. The average Bonchev–Trinajstić information content (AvgIpc) is 0.867. The lowest BCUT2D eigenvalue weighted by atomic mass is 10.1. The number of aliphatic carboxylic acids is 8. The molecule has 1 aromatic rings. The molecule has 41 nitrogen and oxygen atoms in total. The largest absolute Gasteiger partial charge is 0.481 e. The summed E-state index contributed by atoms with van der Waals surface area (Å²) in [5, 5.41) is 68.5. The van der Waals surface area contributed by atoms with Crippen molar-refractivity contribution < 1.29 is 199 Å². The highest BCUT2D eigenvalue weighted by atomic mass is 16.6. The molecule has 0 heterocycles. The van der Waals surface area contributed by atoms with E-state index in [2.05, 4.69) is 61.8 Å². The number of carboxylic acid groups (broad SMARTS) is 8. The number of hydrogen-bond acceptors (Lipinski definition) is 33. The molecule has 9 atom stereocenters. The average molecular weight is 1960 g/mol. The highest BCUT2D eigenvalue weighted by molar-refractivity contribution is 5.91. The van der Waals surface area contributed by atoms with E-state index in [-0.39, 0.29) is 80.3 Å². The van der Waals surface area contributed by atoms with Crippen LogP contribution < -0.4 is 0 Å². The van der Waals surface area contributed by atoms with Gasteiger partial charge in [-0.2, -0.15) is 0 Å². The molecule has 0 saturated carbocycles. The van der Waals surface area contributed by atoms with Gasteiger partial charge in [-0.15, -0.1) is 0 Å². The lowest BCUT2D eigenvalue weighted by molar-refractivity contribution is -0.172. The molecule has 137 heavy (non-hydrogen) atoms. The van der Waals surface area contributed by atoms with E-state index in [1.165, 1.54) is 171 Å². The van der Waals surface area contributed by atoms with Crippen molar-refractivity contribution in [2.75, 3.05) is 0 Å². The Morgan fingerprint density at radius 2 is 0.533 bits per heavy atom. The van der Waals surface area contributed by atoms with E-state index in [1.54, 1.807) is 30.3 Å². The number of Topliss-reactive ketones (excluding diaryl/α,β-unsaturated/α-hetero) is 7. The number of allylic oxidation sites excluding steroid dienone is 4. The standard InChI is InChI=1S/C25H44O5.C23H40O5.C13H14O5.C10H14O7.2C9H12O7.C7H10O5/c1-5-6-7-8-9-10-11-12-13-14-15-16-17-18-19-20-24(27)29-23(4)25(28)30-22(3)21(2)26;1-3-4-5-6-7-8-9-10-11-12-13-14-15-16-17-18-23(27)28-21(20(2)24)19-22(25)26;1-9(14)7-8-11(15)18-12(13(16)17)10-5-3-2-4-6-10;1-5(11)8(4-9(13)14)17-10(15)6(2)16-7(3)12;2*1-5(10)2-3-8(13)16-6(9(14)15)4-7(11)12;1-4(8)3-6(7(10)11)12-5(2)9/h12-13,22-23H,5-11,14-20H2,1-4H3;10-11,21H,3-9,12-19H2,1-2H3,(H,25,26);2-6,12H,7-8H2,1H3,(H,16,17);6,8H,4H2,1-3H3,(H,13,14);2*6H,2-4H2,1H3,(H,11,12)(H,14,15);6H,3H2,1-2H3,(H,10,11)/b13-12+;11-10+;;;;;/t22-,23+;21-;12-;6-,8-;3*6-/m0000100/s1. The van der Waals surface area contributed by atoms with Crippen molar-refractivity contribution in [3.8, 4) is 0 Å². The van der Waals surface area contributed by atoms with Gasteiger partial charge in [-0.3, -0.25) is 71.9 Å². The number of carbonyl (C=O) groups is 24. The van der Waals surface area contributed by atoms with Gasteiger partial charge in [0.1, 0.15) is 23.1 Å². The highest BCUT2D eigenvalue weighted by Gasteiger charge is 2.31. The van der Waals surface area contributed by atoms with Gasteiger partial charge < -0.3 is 97.9 Å². The predicted octanol–water partition coefficient (Wildman–Crippen LogP) is 13.7. The Morgan fingerprint density at radius 3 is 0.832 bits per heavy atom. The van der Waals surface area contributed by atoms with Gasteiger partial charge in [0.25, 0.3) is 0 Å². The second kappa shape index (κ2) is 86.2. The fourth-order valence-electron chi connectivity index (χ4n) is 10.6. The van der Waals surface area contributed by atoms with Gasteiger partial charge in [0.2, 0.25) is 24.4 Å². The molecule has 8 N–H and O–H groups in total. The molecule has 0 radical (unpaired) electrons. The molecule has 41 heteroatoms. The van der Waals surface area contributed by atoms with Crippen LogP contribution in [0.4, 0.5) is 0 Å². The lowest BCUT2D eigenvalue weighted by Crippen LogP contribution is -2.34. The third kappa shape index (κ3) is 92.2. The second-order valence-electron chi connectivity index (χ2n) is 31.5. The van der Waals surface area contributed by atoms with Gasteiger partial charge in [0, 0.05) is 51.5 Å². The Kier molecular flexibility index (Phi) is 85.0. The van der Waals surface area contributed by atoms with Gasteiger partial charge in [-0.1, -0.05) is 171 Å². The van der Waals surface area contributed by atoms with Crippen molar-refractivity contribution in [2.45, 2.75) is 402 Å². The Balaban J connectivity index is -0.000000373. The van der Waals surface area contributed by atoms with Crippen molar-refractivity contribution >= 4 is 142 Å². The second-order valence-corrected chi connectivity index (χ2v) is 31.5. The van der Waals surface area contributed by atoms with Crippen molar-refractivity contribution in [1.29, 1.82) is 0 Å². The van der Waals surface area contributed by atoms with Crippen LogP contribution in [0, 0.1) is 0 Å². The Labute approximate surface area is 799 Å². The Morgan fingerprint density at radius 1 is 0.255 bits per heavy atom. The molecule has 0 aliphatic rings. The molecule has 0 aliphatic heterocycles. The third-order valence-corrected chi connectivity index (χ3v) is 18.1. The predicted molar refractivity (Wildman–Crippen MR) is 488 cm³/mol. The fourth-order valence-corrected chi connectivity index (χ4v) is 10.6. The summed E-state index contributed by atoms with van der Waals surface area (Å²) in [7, 11) is 0. The molecule has 0 aliphatic carbocycles. The molecule has 1 aromatic carbocycles. The van der Waals surface area contributed by atoms with Crippen LogP contribution in [0.1, 0.15) is 359 Å². The van der Waals surface area contributed by atoms with Crippen LogP contribution in [0.5, 0.6) is 0 Å². The van der Waals surface area contributed by atoms with Crippen LogP contribution in [0.2, 0.25) is 0 Å². The summed E-state index contributed by atoms with van der Waals surface area (Å²) in [6.45, 7) is 19.8. The molecule has 0 saturated heterocycles. The first kappa shape index (κ1) is 135. The zero-order valence-electron chi connectivity index (χ0n) is 81.5. The SMILES string of the molecule is CC(=O)CCC(=O)O[C@@H](CC(=O)O)C(=O)O.CC(=O)CCC(=O)O[C@H](C(=O)O)c1ccccc1.CC(=O)CCC(=O)O[C@H](CC(=O)O)C(=O)O.CC(=O)C[C@H](OC(C)=O)C(=O)O.CC(=O)O[C@@H](C)C(=O)O[C@@H](CC(=O)O)C(C)=O.CCCCCCCC/C=C/CCCCCCCC(=O)O[C@@H](CC(=O)O)C(C)=O.CCCCCCCC/C=C/CCCCCCCC(=O)O[C@H](C)C(=O)O[C@@H](C)C(C)=O. The van der Waals surface area contributed by atoms with Crippen LogP contribution in [0.25, 0.3) is 0 Å². The summed E-state index contributed by atoms with van der Waals surface area (Å²) in [6.07, 6.45) is 25.5. The number of hydrogen-bond donors (Lipinski definition) is 8. The normalized spacial score (nSPS) is 12.3. The minimum absolute atomic E-state index is 0.0555. The van der Waals surface area contributed by atoms with Crippen molar-refractivity contribution in [3.63, 3.8) is 0 Å². The van der Waals surface area contributed by atoms with Crippen molar-refractivity contribution in [3.05, 3.63) is 60.2 Å². The molecule has 0 bridgehead atoms. The summed E-state index contributed by atoms with van der Waals surface area (Å²) < 4.78 is 42.2. The number of esters is 9. The molecular weight excluding hydrogens is 1810 g/mol.